The van der Waals surface area contributed by atoms with Gasteiger partial charge in [-0.1, -0.05) is 119 Å². The molecule has 0 spiro atoms. The molecule has 1 saturated heterocycles. The van der Waals surface area contributed by atoms with E-state index in [4.69, 9.17) is 57.4 Å². The van der Waals surface area contributed by atoms with E-state index in [0.717, 1.165) is 112 Å². The molecule has 0 aliphatic carbocycles. The van der Waals surface area contributed by atoms with E-state index < -0.39 is 62.2 Å². The third-order valence-electron chi connectivity index (χ3n) is 14.1. The molecule has 21 nitrogen and oxygen atoms in total. The molecule has 1 fully saturated rings. The van der Waals surface area contributed by atoms with Crippen molar-refractivity contribution < 1.29 is 55.5 Å². The maximum absolute atomic E-state index is 11.3. The first kappa shape index (κ1) is 65.0. The van der Waals surface area contributed by atoms with Gasteiger partial charge in [-0.2, -0.15) is 0 Å². The smallest absolute Gasteiger partial charge is 0.157 e. The lowest BCUT2D eigenvalue weighted by molar-refractivity contribution is -0.239. The number of aliphatic hydroxyl groups is 9. The minimum atomic E-state index is -1.72. The van der Waals surface area contributed by atoms with Gasteiger partial charge in [0.05, 0.1) is 54.0 Å². The minimum Gasteiger partial charge on any atom is -0.394 e. The second-order valence-electron chi connectivity index (χ2n) is 20.4. The normalized spacial score (nSPS) is 17.6. The number of unbranched alkanes of at least 4 members (excludes halogenated alkanes) is 2. The summed E-state index contributed by atoms with van der Waals surface area (Å²) in [5.74, 6) is 2.93. The number of pyridine rings is 2. The quantitative estimate of drug-likeness (QED) is 0.0340. The molecule has 9 atom stereocenters. The van der Waals surface area contributed by atoms with Crippen LogP contribution in [0.4, 0.5) is 11.6 Å². The summed E-state index contributed by atoms with van der Waals surface area (Å²) < 4.78 is 9.23. The average molecular weight is 1150 g/mol. The van der Waals surface area contributed by atoms with Gasteiger partial charge in [-0.15, -0.1) is 9.24 Å². The number of aldehydes is 1. The number of nitrogens with zero attached hydrogens (tertiary/aromatic N) is 7. The average Bonchev–Trinajstić information content (AvgIpc) is 2.93. The minimum absolute atomic E-state index is 0.00543. The number of carbonyl (C=O) groups is 1. The van der Waals surface area contributed by atoms with Crippen molar-refractivity contribution in [2.75, 3.05) is 43.9 Å². The summed E-state index contributed by atoms with van der Waals surface area (Å²) in [4.78, 5) is 31.8. The fraction of sp³-hybridized carbons (Fsp3) is 0.450. The summed E-state index contributed by atoms with van der Waals surface area (Å²) in [5.41, 5.74) is 27.9. The second kappa shape index (κ2) is 32.1. The molecule has 15 N–H and O–H groups in total. The van der Waals surface area contributed by atoms with Gasteiger partial charge in [0, 0.05) is 62.8 Å². The summed E-state index contributed by atoms with van der Waals surface area (Å²) in [5, 5.41) is 86.7. The highest BCUT2D eigenvalue weighted by atomic mass is 31.0. The van der Waals surface area contributed by atoms with Crippen molar-refractivity contribution in [3.8, 4) is 0 Å². The number of rotatable bonds is 22. The first-order valence-electron chi connectivity index (χ1n) is 28.0. The van der Waals surface area contributed by atoms with E-state index in [2.05, 4.69) is 79.4 Å². The Morgan fingerprint density at radius 2 is 1.13 bits per heavy atom. The van der Waals surface area contributed by atoms with E-state index in [1.54, 1.807) is 4.90 Å². The Kier molecular flexibility index (Phi) is 25.4. The molecule has 7 unspecified atom stereocenters. The number of anilines is 2. The first-order valence-corrected chi connectivity index (χ1v) is 28.8. The predicted molar refractivity (Wildman–Crippen MR) is 322 cm³/mol. The highest BCUT2D eigenvalue weighted by Gasteiger charge is 2.35. The topological polar surface area (TPSA) is 351 Å². The zero-order valence-electron chi connectivity index (χ0n) is 47.0. The molecule has 22 heteroatoms. The van der Waals surface area contributed by atoms with Gasteiger partial charge >= 0.3 is 0 Å². The number of nitrogen functional groups attached to an aromatic ring is 2. The highest BCUT2D eigenvalue weighted by Crippen LogP contribution is 2.32. The van der Waals surface area contributed by atoms with E-state index in [1.807, 2.05) is 66.7 Å². The fourth-order valence-corrected chi connectivity index (χ4v) is 9.68. The van der Waals surface area contributed by atoms with Crippen LogP contribution in [-0.4, -0.2) is 168 Å². The number of imidazole rings is 2. The molecule has 1 aliphatic rings. The van der Waals surface area contributed by atoms with E-state index in [9.17, 15) is 25.2 Å². The van der Waals surface area contributed by atoms with Crippen LogP contribution in [0.2, 0.25) is 0 Å². The van der Waals surface area contributed by atoms with Crippen LogP contribution in [0.1, 0.15) is 86.8 Å². The lowest BCUT2D eigenvalue weighted by Crippen LogP contribution is -2.49. The third kappa shape index (κ3) is 16.8. The SMILES string of the molecule is CCCCc1nc2c(N)nc3ccccc3c2n1Cc1ccc(CN(CC=O)CC(O)[C@H](O)[C@H](O)C(O)CO)cc1.CCCCc1nc2c(N)nc3ccccc3c2n1Cc1ccc(CN)cc1.CCP.OCC1OC(O)CC(O)C1O. The standard InChI is InChI=1S/C30H39N5O6.C22H25N5.C6H12O5.C2H7P/c1-2-3-8-25-33-26-27(21-6-4-5-7-22(21)32-30(26)31)35(25)16-20-11-9-19(10-12-20)15-34(13-14-36)17-23(38)28(40)29(41)24(39)18-37;1-2-3-8-19-26-20-21(17-6-4-5-7-18(17)25-22(20)24)27(19)14-16-11-9-15(13-23)10-12-16;7-2-4-6(10)3(8)1-5(9)11-4;1-2-3/h4-7,9-12,14,23-24,28-29,37-41H,2-3,8,13,15-18H2,1H3,(H2,31,32);4-7,9-12H,2-3,8,13-14,23H2,1H3,(H2,24,25);3-10H,1-2H2;2-3H2,1H3/t23?,24?,28-,29+;;;/m0.../s1. The summed E-state index contributed by atoms with van der Waals surface area (Å²) >= 11 is 0. The molecule has 9 rings (SSSR count). The van der Waals surface area contributed by atoms with Crippen molar-refractivity contribution in [3.05, 3.63) is 131 Å². The molecule has 4 aromatic carbocycles. The molecule has 8 aromatic rings. The molecule has 0 amide bonds. The molecule has 4 aromatic heterocycles. The van der Waals surface area contributed by atoms with Gasteiger partial charge in [-0.3, -0.25) is 4.90 Å². The molecule has 0 radical (unpaired) electrons. The van der Waals surface area contributed by atoms with E-state index in [1.165, 1.54) is 11.7 Å². The Morgan fingerprint density at radius 1 is 0.683 bits per heavy atom. The van der Waals surface area contributed by atoms with Gasteiger partial charge in [-0.05, 0) is 53.4 Å². The summed E-state index contributed by atoms with van der Waals surface area (Å²) in [6.45, 7) is 7.34. The van der Waals surface area contributed by atoms with E-state index in [0.29, 0.717) is 43.1 Å². The Balaban J connectivity index is 0.000000224. The Hall–Kier alpha value is -6.14. The summed E-state index contributed by atoms with van der Waals surface area (Å²) in [6.07, 6.45) is -2.70. The number of fused-ring (bicyclic) bond motifs is 6. The number of aryl methyl sites for hydroxylation is 2. The van der Waals surface area contributed by atoms with Crippen molar-refractivity contribution in [1.29, 1.82) is 0 Å². The number of benzene rings is 4. The second-order valence-corrected chi connectivity index (χ2v) is 21.2. The summed E-state index contributed by atoms with van der Waals surface area (Å²) in [6, 6.07) is 32.4. The predicted octanol–water partition coefficient (Wildman–Crippen LogP) is 3.70. The van der Waals surface area contributed by atoms with Gasteiger partial charge in [0.2, 0.25) is 0 Å². The number of para-hydroxylation sites is 2. The molecular weight excluding hydrogens is 1070 g/mol. The van der Waals surface area contributed by atoms with Gasteiger partial charge in [0.1, 0.15) is 59.5 Å². The van der Waals surface area contributed by atoms with Crippen LogP contribution >= 0.6 is 9.24 Å². The first-order chi connectivity index (χ1) is 39.5. The lowest BCUT2D eigenvalue weighted by Gasteiger charge is -2.33. The molecule has 5 heterocycles. The highest BCUT2D eigenvalue weighted by molar-refractivity contribution is 7.16. The van der Waals surface area contributed by atoms with Crippen LogP contribution in [0.5, 0.6) is 0 Å². The third-order valence-corrected chi connectivity index (χ3v) is 14.1. The molecular formula is C60H83N10O11P. The molecule has 0 saturated carbocycles. The zero-order valence-corrected chi connectivity index (χ0v) is 48.2. The molecule has 0 bridgehead atoms. The van der Waals surface area contributed by atoms with Crippen LogP contribution in [-0.2, 0) is 48.6 Å². The van der Waals surface area contributed by atoms with Gasteiger partial charge in [-0.25, -0.2) is 19.9 Å². The van der Waals surface area contributed by atoms with Crippen LogP contribution in [0, 0.1) is 0 Å². The van der Waals surface area contributed by atoms with Crippen LogP contribution in [0.15, 0.2) is 97.1 Å². The van der Waals surface area contributed by atoms with Crippen molar-refractivity contribution in [2.24, 2.45) is 5.73 Å². The van der Waals surface area contributed by atoms with Crippen LogP contribution < -0.4 is 17.2 Å². The van der Waals surface area contributed by atoms with Crippen molar-refractivity contribution in [3.63, 3.8) is 0 Å². The molecule has 444 valence electrons. The maximum Gasteiger partial charge on any atom is 0.157 e. The van der Waals surface area contributed by atoms with Gasteiger partial charge in [0.25, 0.3) is 0 Å². The number of aliphatic hydroxyl groups excluding tert-OH is 9. The number of hydrogen-bond acceptors (Lipinski definition) is 19. The number of carbonyl (C=O) groups excluding carboxylic acids is 1. The van der Waals surface area contributed by atoms with Gasteiger partial charge < -0.3 is 81.8 Å². The van der Waals surface area contributed by atoms with E-state index >= 15 is 0 Å². The van der Waals surface area contributed by atoms with Crippen molar-refractivity contribution >= 4 is 71.0 Å². The van der Waals surface area contributed by atoms with Crippen LogP contribution in [0.25, 0.3) is 43.9 Å². The van der Waals surface area contributed by atoms with E-state index in [-0.39, 0.29) is 19.5 Å². The van der Waals surface area contributed by atoms with Gasteiger partial charge in [0.15, 0.2) is 17.9 Å². The Labute approximate surface area is 480 Å². The van der Waals surface area contributed by atoms with Crippen molar-refractivity contribution in [1.82, 2.24) is 34.0 Å². The Morgan fingerprint density at radius 3 is 1.57 bits per heavy atom. The lowest BCUT2D eigenvalue weighted by atomic mass is 10.0. The number of aromatic nitrogens is 6. The monoisotopic (exact) mass is 1150 g/mol. The largest absolute Gasteiger partial charge is 0.394 e. The van der Waals surface area contributed by atoms with Crippen LogP contribution in [0.3, 0.4) is 0 Å². The maximum atomic E-state index is 11.3. The molecule has 1 aliphatic heterocycles. The number of ether oxygens (including phenoxy) is 1. The molecule has 82 heavy (non-hydrogen) atoms. The van der Waals surface area contributed by atoms with Crippen molar-refractivity contribution in [2.45, 2.75) is 141 Å². The number of nitrogens with two attached hydrogens (primary N) is 3. The zero-order chi connectivity index (χ0) is 59.5. The fourth-order valence-electron chi connectivity index (χ4n) is 9.68. The number of hydrogen-bond donors (Lipinski definition) is 12. The Bertz CT molecular complexity index is 3240. The summed E-state index contributed by atoms with van der Waals surface area (Å²) in [7, 11) is 2.58.